The molecule has 0 aromatic heterocycles. The Morgan fingerprint density at radius 1 is 0.769 bits per heavy atom. The topological polar surface area (TPSA) is 108 Å². The molecule has 4 rings (SSSR count). The minimum atomic E-state index is -4.01. The molecule has 0 atom stereocenters. The molecule has 0 unspecified atom stereocenters. The van der Waals surface area contributed by atoms with Crippen molar-refractivity contribution < 1.29 is 18.0 Å². The van der Waals surface area contributed by atoms with Crippen molar-refractivity contribution in [2.75, 3.05) is 16.2 Å². The van der Waals surface area contributed by atoms with E-state index in [1.165, 1.54) is 12.1 Å². The van der Waals surface area contributed by atoms with Gasteiger partial charge in [0.05, 0.1) is 16.3 Å². The Bertz CT molecular complexity index is 1590. The lowest BCUT2D eigenvalue weighted by Gasteiger charge is -2.25. The maximum atomic E-state index is 13.5. The normalized spacial score (nSPS) is 11.5. The van der Waals surface area contributed by atoms with E-state index in [4.69, 9.17) is 0 Å². The number of hydrogen-bond donors (Lipinski definition) is 2. The molecule has 0 radical (unpaired) electrons. The number of hydrazone groups is 1. The lowest BCUT2D eigenvalue weighted by molar-refractivity contribution is -0.119. The number of rotatable bonds is 9. The second-order valence-electron chi connectivity index (χ2n) is 8.74. The minimum absolute atomic E-state index is 0.0835. The Labute approximate surface area is 228 Å². The van der Waals surface area contributed by atoms with Gasteiger partial charge < -0.3 is 5.32 Å². The minimum Gasteiger partial charge on any atom is -0.322 e. The summed E-state index contributed by atoms with van der Waals surface area (Å²) in [5, 5.41) is 7.00. The number of carbonyl (C=O) groups excluding carboxylic acids is 2. The summed E-state index contributed by atoms with van der Waals surface area (Å²) in [6.07, 6.45) is 0. The molecule has 4 aromatic rings. The molecule has 0 aliphatic rings. The van der Waals surface area contributed by atoms with Gasteiger partial charge in [0.15, 0.2) is 0 Å². The third kappa shape index (κ3) is 6.77. The number of carbonyl (C=O) groups is 2. The van der Waals surface area contributed by atoms with Crippen molar-refractivity contribution in [3.8, 4) is 0 Å². The van der Waals surface area contributed by atoms with Crippen molar-refractivity contribution in [1.82, 2.24) is 5.43 Å². The zero-order valence-electron chi connectivity index (χ0n) is 21.5. The number of para-hydroxylation sites is 1. The van der Waals surface area contributed by atoms with E-state index in [0.29, 0.717) is 28.2 Å². The summed E-state index contributed by atoms with van der Waals surface area (Å²) in [5.74, 6) is -0.812. The van der Waals surface area contributed by atoms with Gasteiger partial charge in [-0.15, -0.1) is 0 Å². The highest BCUT2D eigenvalue weighted by molar-refractivity contribution is 7.92. The van der Waals surface area contributed by atoms with Crippen LogP contribution in [0.4, 0.5) is 11.4 Å². The van der Waals surface area contributed by atoms with Crippen molar-refractivity contribution in [3.63, 3.8) is 0 Å². The zero-order valence-corrected chi connectivity index (χ0v) is 22.4. The van der Waals surface area contributed by atoms with Crippen LogP contribution in [0.3, 0.4) is 0 Å². The van der Waals surface area contributed by atoms with Crippen molar-refractivity contribution >= 4 is 38.9 Å². The van der Waals surface area contributed by atoms with E-state index >= 15 is 0 Å². The smallest absolute Gasteiger partial charge is 0.264 e. The van der Waals surface area contributed by atoms with Crippen molar-refractivity contribution in [2.45, 2.75) is 18.7 Å². The Morgan fingerprint density at radius 2 is 1.36 bits per heavy atom. The number of nitrogens with zero attached hydrogens (tertiary/aromatic N) is 2. The number of anilines is 2. The van der Waals surface area contributed by atoms with E-state index in [1.54, 1.807) is 105 Å². The van der Waals surface area contributed by atoms with Gasteiger partial charge in [-0.1, -0.05) is 66.7 Å². The second kappa shape index (κ2) is 12.2. The molecule has 8 nitrogen and oxygen atoms in total. The molecule has 0 aliphatic heterocycles. The Balaban J connectivity index is 1.46. The highest BCUT2D eigenvalue weighted by Gasteiger charge is 2.28. The third-order valence-electron chi connectivity index (χ3n) is 5.95. The van der Waals surface area contributed by atoms with Crippen LogP contribution in [0, 0.1) is 6.92 Å². The summed E-state index contributed by atoms with van der Waals surface area (Å²) in [7, 11) is -4.01. The number of amides is 2. The standard InChI is InChI=1S/C30H28N4O4S/c1-22-11-9-10-16-28(22)34(39(37,38)27-14-7-4-8-15-27)21-29(35)33-32-23(2)24-17-19-26(20-18-24)31-30(36)25-12-5-3-6-13-25/h3-20H,21H2,1-2H3,(H,31,36)(H,33,35)/b32-23+. The van der Waals surface area contributed by atoms with Gasteiger partial charge >= 0.3 is 0 Å². The predicted octanol–water partition coefficient (Wildman–Crippen LogP) is 4.98. The molecule has 2 N–H and O–H groups in total. The van der Waals surface area contributed by atoms with E-state index in [1.807, 2.05) is 6.07 Å². The first-order chi connectivity index (χ1) is 18.8. The summed E-state index contributed by atoms with van der Waals surface area (Å²) < 4.78 is 28.0. The van der Waals surface area contributed by atoms with Crippen LogP contribution in [-0.2, 0) is 14.8 Å². The SMILES string of the molecule is C/C(=N\NC(=O)CN(c1ccccc1C)S(=O)(=O)c1ccccc1)c1ccc(NC(=O)c2ccccc2)cc1. The molecule has 0 fully saturated rings. The fourth-order valence-corrected chi connectivity index (χ4v) is 5.33. The molecule has 0 saturated heterocycles. The van der Waals surface area contributed by atoms with Crippen LogP contribution in [0.5, 0.6) is 0 Å². The van der Waals surface area contributed by atoms with Crippen molar-refractivity contribution in [1.29, 1.82) is 0 Å². The molecule has 0 heterocycles. The summed E-state index contributed by atoms with van der Waals surface area (Å²) in [4.78, 5) is 25.3. The molecule has 0 spiro atoms. The van der Waals surface area contributed by atoms with Crippen LogP contribution in [0.2, 0.25) is 0 Å². The van der Waals surface area contributed by atoms with E-state index < -0.39 is 22.5 Å². The highest BCUT2D eigenvalue weighted by atomic mass is 32.2. The van der Waals surface area contributed by atoms with Crippen LogP contribution in [0.25, 0.3) is 0 Å². The summed E-state index contributed by atoms with van der Waals surface area (Å²) in [6, 6.07) is 30.9. The fraction of sp³-hybridized carbons (Fsp3) is 0.100. The molecule has 4 aromatic carbocycles. The number of benzene rings is 4. The maximum absolute atomic E-state index is 13.5. The van der Waals surface area contributed by atoms with Crippen LogP contribution in [-0.4, -0.2) is 32.5 Å². The van der Waals surface area contributed by atoms with Gasteiger partial charge in [0.1, 0.15) is 6.54 Å². The van der Waals surface area contributed by atoms with E-state index in [-0.39, 0.29) is 10.8 Å². The number of nitrogens with one attached hydrogen (secondary N) is 2. The molecule has 9 heteroatoms. The second-order valence-corrected chi connectivity index (χ2v) is 10.6. The molecule has 0 aliphatic carbocycles. The van der Waals surface area contributed by atoms with E-state index in [2.05, 4.69) is 15.8 Å². The van der Waals surface area contributed by atoms with Gasteiger partial charge in [-0.3, -0.25) is 13.9 Å². The monoisotopic (exact) mass is 540 g/mol. The molecule has 198 valence electrons. The lowest BCUT2D eigenvalue weighted by Crippen LogP contribution is -2.40. The summed E-state index contributed by atoms with van der Waals surface area (Å²) in [5.41, 5.74) is 5.99. The Morgan fingerprint density at radius 3 is 2.00 bits per heavy atom. The molecule has 39 heavy (non-hydrogen) atoms. The summed E-state index contributed by atoms with van der Waals surface area (Å²) in [6.45, 7) is 3.05. The first-order valence-electron chi connectivity index (χ1n) is 12.2. The van der Waals surface area contributed by atoms with Crippen molar-refractivity contribution in [2.24, 2.45) is 5.10 Å². The number of aryl methyl sites for hydroxylation is 1. The average Bonchev–Trinajstić information content (AvgIpc) is 2.96. The van der Waals surface area contributed by atoms with E-state index in [0.717, 1.165) is 9.87 Å². The summed E-state index contributed by atoms with van der Waals surface area (Å²) >= 11 is 0. The lowest BCUT2D eigenvalue weighted by atomic mass is 10.1. The molecule has 0 saturated carbocycles. The maximum Gasteiger partial charge on any atom is 0.264 e. The predicted molar refractivity (Wildman–Crippen MR) is 153 cm³/mol. The largest absolute Gasteiger partial charge is 0.322 e. The first-order valence-corrected chi connectivity index (χ1v) is 13.6. The van der Waals surface area contributed by atoms with Crippen LogP contribution < -0.4 is 15.0 Å². The average molecular weight is 541 g/mol. The van der Waals surface area contributed by atoms with Crippen LogP contribution in [0.1, 0.15) is 28.4 Å². The van der Waals surface area contributed by atoms with Crippen molar-refractivity contribution in [3.05, 3.63) is 126 Å². The van der Waals surface area contributed by atoms with Gasteiger partial charge in [0.2, 0.25) is 0 Å². The van der Waals surface area contributed by atoms with E-state index in [9.17, 15) is 18.0 Å². The molecular formula is C30H28N4O4S. The van der Waals surface area contributed by atoms with Crippen LogP contribution in [0.15, 0.2) is 119 Å². The Hall–Kier alpha value is -4.76. The van der Waals surface area contributed by atoms with Gasteiger partial charge in [0, 0.05) is 11.3 Å². The molecule has 0 bridgehead atoms. The number of hydrogen-bond acceptors (Lipinski definition) is 5. The Kier molecular flexibility index (Phi) is 8.53. The first kappa shape index (κ1) is 27.3. The third-order valence-corrected chi connectivity index (χ3v) is 7.72. The fourth-order valence-electron chi connectivity index (χ4n) is 3.83. The van der Waals surface area contributed by atoms with Gasteiger partial charge in [-0.05, 0) is 67.4 Å². The van der Waals surface area contributed by atoms with Crippen LogP contribution >= 0.6 is 0 Å². The quantitative estimate of drug-likeness (QED) is 0.231. The van der Waals surface area contributed by atoms with Gasteiger partial charge in [0.25, 0.3) is 21.8 Å². The van der Waals surface area contributed by atoms with Gasteiger partial charge in [-0.2, -0.15) is 5.10 Å². The number of sulfonamides is 1. The zero-order chi connectivity index (χ0) is 27.8. The highest BCUT2D eigenvalue weighted by Crippen LogP contribution is 2.26. The van der Waals surface area contributed by atoms with Gasteiger partial charge in [-0.25, -0.2) is 13.8 Å². The molecular weight excluding hydrogens is 512 g/mol. The molecule has 2 amide bonds.